The summed E-state index contributed by atoms with van der Waals surface area (Å²) in [6, 6.07) is 13.6. The summed E-state index contributed by atoms with van der Waals surface area (Å²) in [4.78, 5) is 2.79. The van der Waals surface area contributed by atoms with Crippen LogP contribution in [0, 0.1) is 18.8 Å². The number of sulfonamides is 1. The molecule has 0 bridgehead atoms. The molecule has 0 saturated carbocycles. The molecule has 2 aromatic carbocycles. The van der Waals surface area contributed by atoms with E-state index in [-0.39, 0.29) is 0 Å². The maximum Gasteiger partial charge on any atom is 0.210 e. The van der Waals surface area contributed by atoms with Crippen molar-refractivity contribution in [3.63, 3.8) is 0 Å². The summed E-state index contributed by atoms with van der Waals surface area (Å²) >= 11 is 0. The minimum absolute atomic E-state index is 0.404. The van der Waals surface area contributed by atoms with Gasteiger partial charge in [-0.15, -0.1) is 0 Å². The van der Waals surface area contributed by atoms with Gasteiger partial charge in [-0.3, -0.25) is 0 Å². The first-order chi connectivity index (χ1) is 11.4. The van der Waals surface area contributed by atoms with Crippen LogP contribution >= 0.6 is 0 Å². The summed E-state index contributed by atoms with van der Waals surface area (Å²) in [6.07, 6.45) is 1.09. The van der Waals surface area contributed by atoms with Crippen molar-refractivity contribution in [2.45, 2.75) is 13.0 Å². The van der Waals surface area contributed by atoms with Crippen LogP contribution < -0.4 is 4.72 Å². The highest BCUT2D eigenvalue weighted by molar-refractivity contribution is 7.88. The van der Waals surface area contributed by atoms with Crippen molar-refractivity contribution in [1.29, 1.82) is 0 Å². The largest absolute Gasteiger partial charge is 0.213 e. The molecule has 1 atom stereocenters. The third kappa shape index (κ3) is 5.14. The second-order valence-electron chi connectivity index (χ2n) is 5.21. The van der Waals surface area contributed by atoms with E-state index < -0.39 is 16.1 Å². The lowest BCUT2D eigenvalue weighted by atomic mass is 10.1. The van der Waals surface area contributed by atoms with Crippen molar-refractivity contribution in [3.8, 4) is 11.8 Å². The Morgan fingerprint density at radius 2 is 1.92 bits per heavy atom. The third-order valence-electron chi connectivity index (χ3n) is 3.12. The Hall–Kier alpha value is -2.78. The molecule has 0 aliphatic carbocycles. The number of nitrogens with zero attached hydrogens (tertiary/aromatic N) is 3. The van der Waals surface area contributed by atoms with E-state index in [2.05, 4.69) is 26.6 Å². The van der Waals surface area contributed by atoms with E-state index in [1.54, 1.807) is 24.3 Å². The van der Waals surface area contributed by atoms with Gasteiger partial charge in [-0.2, -0.15) is 4.72 Å². The minimum Gasteiger partial charge on any atom is -0.213 e. The Morgan fingerprint density at radius 3 is 2.54 bits per heavy atom. The SMILES string of the molecule is Cc1ccc(N=[N+]=[N-])c(C#CC(NS(C)(=O)=O)c2ccccc2)c1. The fourth-order valence-corrected chi connectivity index (χ4v) is 2.70. The summed E-state index contributed by atoms with van der Waals surface area (Å²) in [7, 11) is -3.44. The molecule has 0 aliphatic rings. The predicted molar refractivity (Wildman–Crippen MR) is 94.0 cm³/mol. The van der Waals surface area contributed by atoms with E-state index in [0.29, 0.717) is 11.3 Å². The quantitative estimate of drug-likeness (QED) is 0.398. The summed E-state index contributed by atoms with van der Waals surface area (Å²) in [6.45, 7) is 1.90. The van der Waals surface area contributed by atoms with Gasteiger partial charge in [0.1, 0.15) is 6.04 Å². The number of rotatable bonds is 4. The fraction of sp³-hybridized carbons (Fsp3) is 0.176. The lowest BCUT2D eigenvalue weighted by Gasteiger charge is -2.11. The summed E-state index contributed by atoms with van der Waals surface area (Å²) in [5, 5.41) is 3.61. The van der Waals surface area contributed by atoms with Gasteiger partial charge in [-0.05, 0) is 29.6 Å². The van der Waals surface area contributed by atoms with Gasteiger partial charge in [0.15, 0.2) is 0 Å². The van der Waals surface area contributed by atoms with Gasteiger partial charge >= 0.3 is 0 Å². The van der Waals surface area contributed by atoms with Gasteiger partial charge in [-0.1, -0.05) is 59.4 Å². The number of hydrogen-bond donors (Lipinski definition) is 1. The molecule has 0 aromatic heterocycles. The van der Waals surface area contributed by atoms with Gasteiger partial charge < -0.3 is 0 Å². The molecule has 7 heteroatoms. The molecule has 0 aliphatic heterocycles. The lowest BCUT2D eigenvalue weighted by Crippen LogP contribution is -2.26. The second kappa shape index (κ2) is 7.66. The van der Waals surface area contributed by atoms with Crippen LogP contribution in [0.4, 0.5) is 5.69 Å². The van der Waals surface area contributed by atoms with Crippen molar-refractivity contribution in [3.05, 3.63) is 75.7 Å². The van der Waals surface area contributed by atoms with E-state index in [9.17, 15) is 8.42 Å². The Bertz CT molecular complexity index is 938. The Kier molecular flexibility index (Phi) is 5.61. The molecule has 24 heavy (non-hydrogen) atoms. The van der Waals surface area contributed by atoms with Crippen LogP contribution in [0.5, 0.6) is 0 Å². The van der Waals surface area contributed by atoms with Gasteiger partial charge in [0, 0.05) is 10.5 Å². The number of azide groups is 1. The lowest BCUT2D eigenvalue weighted by molar-refractivity contribution is 0.582. The van der Waals surface area contributed by atoms with Gasteiger partial charge in [0.05, 0.1) is 11.9 Å². The van der Waals surface area contributed by atoms with Crippen LogP contribution in [0.1, 0.15) is 22.7 Å². The summed E-state index contributed by atoms with van der Waals surface area (Å²) in [5.74, 6) is 5.83. The monoisotopic (exact) mass is 340 g/mol. The zero-order valence-corrected chi connectivity index (χ0v) is 14.1. The molecule has 0 spiro atoms. The molecule has 6 nitrogen and oxygen atoms in total. The van der Waals surface area contributed by atoms with Crippen LogP contribution in [0.2, 0.25) is 0 Å². The maximum atomic E-state index is 11.6. The zero-order chi connectivity index (χ0) is 17.6. The summed E-state index contributed by atoms with van der Waals surface area (Å²) in [5.41, 5.74) is 11.3. The number of nitrogens with one attached hydrogen (secondary N) is 1. The second-order valence-corrected chi connectivity index (χ2v) is 6.99. The molecule has 122 valence electrons. The minimum atomic E-state index is -3.44. The molecule has 1 N–H and O–H groups in total. The fourth-order valence-electron chi connectivity index (χ4n) is 2.08. The zero-order valence-electron chi connectivity index (χ0n) is 13.3. The Labute approximate surface area is 141 Å². The standard InChI is InChI=1S/C17H16N4O2S/c1-13-8-10-16(19-21-18)15(12-13)9-11-17(20-24(2,22)23)14-6-4-3-5-7-14/h3-8,10,12,17,20H,1-2H3. The maximum absolute atomic E-state index is 11.6. The van der Waals surface area contributed by atoms with Crippen LogP contribution in [0.25, 0.3) is 10.4 Å². The van der Waals surface area contributed by atoms with E-state index in [4.69, 9.17) is 5.53 Å². The average Bonchev–Trinajstić information content (AvgIpc) is 2.53. The third-order valence-corrected chi connectivity index (χ3v) is 3.78. The van der Waals surface area contributed by atoms with E-state index in [0.717, 1.165) is 17.4 Å². The smallest absolute Gasteiger partial charge is 0.210 e. The molecule has 0 heterocycles. The molecule has 2 rings (SSSR count). The van der Waals surface area contributed by atoms with Gasteiger partial charge in [0.25, 0.3) is 0 Å². The van der Waals surface area contributed by atoms with Crippen LogP contribution in [-0.2, 0) is 10.0 Å². The van der Waals surface area contributed by atoms with E-state index in [1.807, 2.05) is 31.2 Å². The molecule has 0 saturated heterocycles. The van der Waals surface area contributed by atoms with Crippen molar-refractivity contribution in [2.75, 3.05) is 6.26 Å². The highest BCUT2D eigenvalue weighted by atomic mass is 32.2. The molecule has 2 aromatic rings. The van der Waals surface area contributed by atoms with Gasteiger partial charge in [-0.25, -0.2) is 8.42 Å². The highest BCUT2D eigenvalue weighted by Gasteiger charge is 2.13. The average molecular weight is 340 g/mol. The molecule has 0 amide bonds. The molecule has 0 fully saturated rings. The number of benzene rings is 2. The Balaban J connectivity index is 2.47. The van der Waals surface area contributed by atoms with Crippen LogP contribution in [-0.4, -0.2) is 14.7 Å². The van der Waals surface area contributed by atoms with Crippen LogP contribution in [0.15, 0.2) is 53.6 Å². The molecular weight excluding hydrogens is 324 g/mol. The first-order valence-electron chi connectivity index (χ1n) is 7.08. The van der Waals surface area contributed by atoms with Crippen molar-refractivity contribution < 1.29 is 8.42 Å². The van der Waals surface area contributed by atoms with Crippen LogP contribution in [0.3, 0.4) is 0 Å². The normalized spacial score (nSPS) is 11.8. The van der Waals surface area contributed by atoms with Crippen molar-refractivity contribution in [1.82, 2.24) is 4.72 Å². The van der Waals surface area contributed by atoms with E-state index in [1.165, 1.54) is 0 Å². The molecule has 1 unspecified atom stereocenters. The first kappa shape index (κ1) is 17.6. The first-order valence-corrected chi connectivity index (χ1v) is 8.98. The summed E-state index contributed by atoms with van der Waals surface area (Å²) < 4.78 is 25.7. The topological polar surface area (TPSA) is 94.9 Å². The van der Waals surface area contributed by atoms with Gasteiger partial charge in [0.2, 0.25) is 10.0 Å². The Morgan fingerprint density at radius 1 is 1.21 bits per heavy atom. The number of hydrogen-bond acceptors (Lipinski definition) is 3. The van der Waals surface area contributed by atoms with Crippen molar-refractivity contribution in [2.24, 2.45) is 5.11 Å². The van der Waals surface area contributed by atoms with E-state index >= 15 is 0 Å². The molecular formula is C17H16N4O2S. The highest BCUT2D eigenvalue weighted by Crippen LogP contribution is 2.20. The predicted octanol–water partition coefficient (Wildman–Crippen LogP) is 3.58. The van der Waals surface area contributed by atoms with Crippen molar-refractivity contribution >= 4 is 15.7 Å². The molecule has 0 radical (unpaired) electrons. The number of aryl methyl sites for hydroxylation is 1.